The quantitative estimate of drug-likeness (QED) is 0.768. The zero-order valence-electron chi connectivity index (χ0n) is 7.43. The van der Waals surface area contributed by atoms with E-state index in [1.165, 1.54) is 18.2 Å². The maximum atomic E-state index is 13.3. The summed E-state index contributed by atoms with van der Waals surface area (Å²) in [6, 6.07) is 3.97. The molecule has 1 nitrogen and oxygen atoms in total. The molecule has 1 N–H and O–H groups in total. The van der Waals surface area contributed by atoms with E-state index in [4.69, 9.17) is 11.8 Å². The summed E-state index contributed by atoms with van der Waals surface area (Å²) in [6.45, 7) is 0.597. The van der Waals surface area contributed by atoms with Gasteiger partial charge in [-0.3, -0.25) is 0 Å². The van der Waals surface area contributed by atoms with Crippen molar-refractivity contribution < 1.29 is 8.78 Å². The highest BCUT2D eigenvalue weighted by Gasteiger charge is 2.41. The molecule has 1 aromatic carbocycles. The maximum absolute atomic E-state index is 13.3. The Kier molecular flexibility index (Phi) is 2.70. The lowest BCUT2D eigenvalue weighted by Crippen LogP contribution is -2.05. The Morgan fingerprint density at radius 1 is 1.36 bits per heavy atom. The molecule has 1 fully saturated rings. The number of nitrogens with one attached hydrogen (secondary N) is 1. The molecular weight excluding hydrogens is 208 g/mol. The van der Waals surface area contributed by atoms with Crippen LogP contribution in [-0.2, 0) is 0 Å². The summed E-state index contributed by atoms with van der Waals surface area (Å²) in [4.78, 5) is 2.50. The molecule has 14 heavy (non-hydrogen) atoms. The van der Waals surface area contributed by atoms with Crippen LogP contribution in [0.1, 0.15) is 17.9 Å². The van der Waals surface area contributed by atoms with Gasteiger partial charge in [0.1, 0.15) is 11.6 Å². The Morgan fingerprint density at radius 3 is 2.57 bits per heavy atom. The van der Waals surface area contributed by atoms with Crippen LogP contribution < -0.4 is 4.84 Å². The topological polar surface area (TPSA) is 12.0 Å². The Hall–Kier alpha value is -0.670. The van der Waals surface area contributed by atoms with Gasteiger partial charge in [0.05, 0.1) is 0 Å². The highest BCUT2D eigenvalue weighted by molar-refractivity contribution is 6.13. The number of halogens is 3. The van der Waals surface area contributed by atoms with Crippen molar-refractivity contribution in [1.82, 2.24) is 4.84 Å². The maximum Gasteiger partial charge on any atom is 0.129 e. The van der Waals surface area contributed by atoms with E-state index in [-0.39, 0.29) is 17.4 Å². The summed E-state index contributed by atoms with van der Waals surface area (Å²) in [5.74, 6) is -0.652. The van der Waals surface area contributed by atoms with Crippen LogP contribution in [0.25, 0.3) is 0 Å². The van der Waals surface area contributed by atoms with E-state index >= 15 is 0 Å². The summed E-state index contributed by atoms with van der Waals surface area (Å²) in [7, 11) is 0. The number of rotatable bonds is 3. The third-order valence-corrected chi connectivity index (χ3v) is 2.79. The van der Waals surface area contributed by atoms with Crippen molar-refractivity contribution >= 4 is 11.8 Å². The van der Waals surface area contributed by atoms with Gasteiger partial charge in [0.2, 0.25) is 0 Å². The average Bonchev–Trinajstić information content (AvgIpc) is 2.85. The van der Waals surface area contributed by atoms with Gasteiger partial charge in [-0.25, -0.2) is 13.6 Å². The molecule has 1 aliphatic carbocycles. The summed E-state index contributed by atoms with van der Waals surface area (Å²) in [5.41, 5.74) is 0.212. The fourth-order valence-corrected chi connectivity index (χ4v) is 1.99. The predicted octanol–water partition coefficient (Wildman–Crippen LogP) is 2.81. The molecule has 2 atom stereocenters. The zero-order chi connectivity index (χ0) is 10.1. The molecule has 1 saturated carbocycles. The van der Waals surface area contributed by atoms with Crippen LogP contribution in [0.4, 0.5) is 8.78 Å². The number of hydrogen-bond donors (Lipinski definition) is 1. The third kappa shape index (κ3) is 1.74. The molecule has 2 unspecified atom stereocenters. The Morgan fingerprint density at radius 2 is 2.00 bits per heavy atom. The second kappa shape index (κ2) is 3.83. The van der Waals surface area contributed by atoms with Crippen molar-refractivity contribution in [3.63, 3.8) is 0 Å². The molecule has 0 bridgehead atoms. The van der Waals surface area contributed by atoms with Gasteiger partial charge in [0.25, 0.3) is 0 Å². The van der Waals surface area contributed by atoms with Crippen molar-refractivity contribution in [3.05, 3.63) is 35.4 Å². The molecule has 0 aliphatic heterocycles. The minimum atomic E-state index is -0.452. The number of hydrogen-bond acceptors (Lipinski definition) is 1. The van der Waals surface area contributed by atoms with Gasteiger partial charge in [0, 0.05) is 12.1 Å². The lowest BCUT2D eigenvalue weighted by Gasteiger charge is -2.03. The smallest absolute Gasteiger partial charge is 0.129 e. The second-order valence-corrected chi connectivity index (χ2v) is 3.84. The Bertz CT molecular complexity index is 323. The summed E-state index contributed by atoms with van der Waals surface area (Å²) < 4.78 is 26.5. The van der Waals surface area contributed by atoms with Gasteiger partial charge < -0.3 is 0 Å². The SMILES string of the molecule is Fc1cccc(F)c1C1CC1CNCl. The Balaban J connectivity index is 2.18. The minimum Gasteiger partial charge on any atom is -0.233 e. The number of benzene rings is 1. The van der Waals surface area contributed by atoms with E-state index in [1.54, 1.807) is 0 Å². The normalized spacial score (nSPS) is 25.1. The highest BCUT2D eigenvalue weighted by Crippen LogP contribution is 2.48. The fourth-order valence-electron chi connectivity index (χ4n) is 1.79. The van der Waals surface area contributed by atoms with Gasteiger partial charge in [0.15, 0.2) is 0 Å². The van der Waals surface area contributed by atoms with Gasteiger partial charge in [-0.2, -0.15) is 0 Å². The van der Waals surface area contributed by atoms with Crippen LogP contribution in [0.2, 0.25) is 0 Å². The summed E-state index contributed by atoms with van der Waals surface area (Å²) in [6.07, 6.45) is 0.803. The van der Waals surface area contributed by atoms with E-state index in [1.807, 2.05) is 0 Å². The van der Waals surface area contributed by atoms with Crippen molar-refractivity contribution in [2.75, 3.05) is 6.54 Å². The standard InChI is InChI=1S/C10H10ClF2N/c11-14-5-6-4-7(6)10-8(12)2-1-3-9(10)13/h1-3,6-7,14H,4-5H2. The van der Waals surface area contributed by atoms with E-state index in [0.717, 1.165) is 6.42 Å². The van der Waals surface area contributed by atoms with Crippen molar-refractivity contribution in [2.24, 2.45) is 5.92 Å². The molecule has 76 valence electrons. The fraction of sp³-hybridized carbons (Fsp3) is 0.400. The first-order valence-electron chi connectivity index (χ1n) is 4.51. The molecule has 1 aliphatic rings. The predicted molar refractivity (Wildman–Crippen MR) is 51.1 cm³/mol. The van der Waals surface area contributed by atoms with Crippen LogP contribution >= 0.6 is 11.8 Å². The first-order chi connectivity index (χ1) is 6.74. The van der Waals surface area contributed by atoms with E-state index in [9.17, 15) is 8.78 Å². The molecule has 0 radical (unpaired) electrons. The lowest BCUT2D eigenvalue weighted by atomic mass is 10.1. The molecule has 1 aromatic rings. The van der Waals surface area contributed by atoms with E-state index in [0.29, 0.717) is 6.54 Å². The monoisotopic (exact) mass is 217 g/mol. The van der Waals surface area contributed by atoms with Crippen molar-refractivity contribution in [2.45, 2.75) is 12.3 Å². The third-order valence-electron chi connectivity index (χ3n) is 2.63. The molecule has 0 heterocycles. The summed E-state index contributed by atoms with van der Waals surface area (Å²) >= 11 is 5.33. The van der Waals surface area contributed by atoms with Crippen LogP contribution in [-0.4, -0.2) is 6.54 Å². The van der Waals surface area contributed by atoms with E-state index < -0.39 is 11.6 Å². The Labute approximate surface area is 86.2 Å². The van der Waals surface area contributed by atoms with Gasteiger partial charge in [-0.15, -0.1) is 0 Å². The summed E-state index contributed by atoms with van der Waals surface area (Å²) in [5, 5.41) is 0. The van der Waals surface area contributed by atoms with Gasteiger partial charge in [-0.1, -0.05) is 6.07 Å². The van der Waals surface area contributed by atoms with Crippen molar-refractivity contribution in [3.8, 4) is 0 Å². The molecule has 2 rings (SSSR count). The largest absolute Gasteiger partial charge is 0.233 e. The average molecular weight is 218 g/mol. The zero-order valence-corrected chi connectivity index (χ0v) is 8.19. The molecular formula is C10H10ClF2N. The molecule has 0 amide bonds. The molecule has 4 heteroatoms. The van der Waals surface area contributed by atoms with E-state index in [2.05, 4.69) is 4.84 Å². The highest BCUT2D eigenvalue weighted by atomic mass is 35.5. The van der Waals surface area contributed by atoms with Crippen LogP contribution in [0.15, 0.2) is 18.2 Å². The molecule has 0 aromatic heterocycles. The first kappa shape index (κ1) is 9.87. The minimum absolute atomic E-state index is 0.0116. The van der Waals surface area contributed by atoms with Gasteiger partial charge in [-0.05, 0) is 42.2 Å². The molecule has 0 saturated heterocycles. The lowest BCUT2D eigenvalue weighted by molar-refractivity contribution is 0.551. The van der Waals surface area contributed by atoms with Crippen molar-refractivity contribution in [1.29, 1.82) is 0 Å². The second-order valence-electron chi connectivity index (χ2n) is 3.58. The molecule has 0 spiro atoms. The van der Waals surface area contributed by atoms with Gasteiger partial charge >= 0.3 is 0 Å². The van der Waals surface area contributed by atoms with Crippen LogP contribution in [0.3, 0.4) is 0 Å². The van der Waals surface area contributed by atoms with Crippen LogP contribution in [0, 0.1) is 17.6 Å². The first-order valence-corrected chi connectivity index (χ1v) is 4.89. The van der Waals surface area contributed by atoms with Crippen LogP contribution in [0.5, 0.6) is 0 Å².